The van der Waals surface area contributed by atoms with Crippen molar-refractivity contribution in [3.63, 3.8) is 0 Å². The fraction of sp³-hybridized carbons (Fsp3) is 0.900. The third-order valence-corrected chi connectivity index (χ3v) is 2.23. The molecule has 0 aliphatic carbocycles. The Morgan fingerprint density at radius 3 is 2.75 bits per heavy atom. The molecule has 0 saturated carbocycles. The Morgan fingerprint density at radius 2 is 2.25 bits per heavy atom. The molecule has 0 aromatic carbocycles. The van der Waals surface area contributed by atoms with Crippen molar-refractivity contribution in [2.45, 2.75) is 19.9 Å². The van der Waals surface area contributed by atoms with Gasteiger partial charge in [-0.05, 0) is 20.5 Å². The van der Waals surface area contributed by atoms with Gasteiger partial charge < -0.3 is 15.0 Å². The highest BCUT2D eigenvalue weighted by Gasteiger charge is 2.03. The van der Waals surface area contributed by atoms with Crippen molar-refractivity contribution in [1.82, 2.24) is 15.6 Å². The molecule has 0 aromatic rings. The average Bonchev–Trinajstić information content (AvgIpc) is 2.27. The van der Waals surface area contributed by atoms with Gasteiger partial charge in [0, 0.05) is 19.7 Å². The first-order valence-corrected chi connectivity index (χ1v) is 5.59. The van der Waals surface area contributed by atoms with Crippen LogP contribution in [0, 0.1) is 0 Å². The monoisotopic (exact) mass is 231 g/mol. The fourth-order valence-electron chi connectivity index (χ4n) is 1.15. The second-order valence-electron chi connectivity index (χ2n) is 3.77. The third kappa shape index (κ3) is 7.44. The van der Waals surface area contributed by atoms with E-state index in [2.05, 4.69) is 34.6 Å². The third-order valence-electron chi connectivity index (χ3n) is 2.23. The summed E-state index contributed by atoms with van der Waals surface area (Å²) in [6, 6.07) is 0.184. The number of hydrazine groups is 1. The molecule has 0 saturated heterocycles. The van der Waals surface area contributed by atoms with Gasteiger partial charge in [-0.15, -0.1) is 0 Å². The molecule has 1 unspecified atom stereocenters. The van der Waals surface area contributed by atoms with Gasteiger partial charge in [0.15, 0.2) is 0 Å². The lowest BCUT2D eigenvalue weighted by molar-refractivity contribution is 0.179. The second-order valence-corrected chi connectivity index (χ2v) is 3.77. The predicted octanol–water partition coefficient (Wildman–Crippen LogP) is -0.618. The van der Waals surface area contributed by atoms with Gasteiger partial charge in [0.25, 0.3) is 0 Å². The van der Waals surface area contributed by atoms with Crippen LogP contribution >= 0.6 is 0 Å². The van der Waals surface area contributed by atoms with Gasteiger partial charge >= 0.3 is 0 Å². The lowest BCUT2D eigenvalue weighted by Gasteiger charge is -2.16. The van der Waals surface area contributed by atoms with Crippen LogP contribution in [0.15, 0.2) is 4.99 Å². The van der Waals surface area contributed by atoms with Crippen LogP contribution < -0.4 is 16.6 Å². The summed E-state index contributed by atoms with van der Waals surface area (Å²) in [6.45, 7) is 7.40. The SMILES string of the molecule is CCN(C)CCN=C(NN)NC(C)COC. The maximum Gasteiger partial charge on any atom is 0.206 e. The highest BCUT2D eigenvalue weighted by molar-refractivity contribution is 5.79. The number of ether oxygens (including phenoxy) is 1. The number of aliphatic imine (C=N–C) groups is 1. The van der Waals surface area contributed by atoms with E-state index in [1.54, 1.807) is 7.11 Å². The molecule has 0 rings (SSSR count). The van der Waals surface area contributed by atoms with Crippen LogP contribution in [0.25, 0.3) is 0 Å². The van der Waals surface area contributed by atoms with Gasteiger partial charge in [-0.2, -0.15) is 0 Å². The Kier molecular flexibility index (Phi) is 8.88. The highest BCUT2D eigenvalue weighted by atomic mass is 16.5. The maximum atomic E-state index is 5.37. The molecule has 0 bridgehead atoms. The molecule has 6 nitrogen and oxygen atoms in total. The minimum atomic E-state index is 0.184. The molecular formula is C10H25N5O. The van der Waals surface area contributed by atoms with E-state index in [-0.39, 0.29) is 6.04 Å². The number of nitrogens with zero attached hydrogens (tertiary/aromatic N) is 2. The normalized spacial score (nSPS) is 14.0. The van der Waals surface area contributed by atoms with Crippen LogP contribution in [-0.2, 0) is 4.74 Å². The van der Waals surface area contributed by atoms with E-state index in [0.717, 1.165) is 19.6 Å². The van der Waals surface area contributed by atoms with Crippen molar-refractivity contribution in [2.75, 3.05) is 40.4 Å². The van der Waals surface area contributed by atoms with Crippen molar-refractivity contribution in [1.29, 1.82) is 0 Å². The summed E-state index contributed by atoms with van der Waals surface area (Å²) in [5.41, 5.74) is 2.55. The lowest BCUT2D eigenvalue weighted by Crippen LogP contribution is -2.47. The van der Waals surface area contributed by atoms with Crippen LogP contribution in [-0.4, -0.2) is 57.3 Å². The summed E-state index contributed by atoms with van der Waals surface area (Å²) in [7, 11) is 3.73. The largest absolute Gasteiger partial charge is 0.383 e. The van der Waals surface area contributed by atoms with Crippen LogP contribution in [0.2, 0.25) is 0 Å². The number of nitrogens with two attached hydrogens (primary N) is 1. The van der Waals surface area contributed by atoms with E-state index in [9.17, 15) is 0 Å². The molecule has 0 spiro atoms. The molecule has 4 N–H and O–H groups in total. The molecule has 0 fully saturated rings. The quantitative estimate of drug-likeness (QED) is 0.236. The first-order valence-electron chi connectivity index (χ1n) is 5.59. The first-order chi connectivity index (χ1) is 7.63. The zero-order valence-electron chi connectivity index (χ0n) is 10.8. The number of likely N-dealkylation sites (N-methyl/N-ethyl adjacent to an activating group) is 1. The van der Waals surface area contributed by atoms with Crippen molar-refractivity contribution in [2.24, 2.45) is 10.8 Å². The Morgan fingerprint density at radius 1 is 1.56 bits per heavy atom. The Bertz CT molecular complexity index is 198. The zero-order chi connectivity index (χ0) is 12.4. The Hall–Kier alpha value is -0.850. The summed E-state index contributed by atoms with van der Waals surface area (Å²) >= 11 is 0. The number of rotatable bonds is 7. The topological polar surface area (TPSA) is 74.9 Å². The van der Waals surface area contributed by atoms with Gasteiger partial charge in [-0.25, -0.2) is 5.84 Å². The van der Waals surface area contributed by atoms with Crippen molar-refractivity contribution >= 4 is 5.96 Å². The van der Waals surface area contributed by atoms with Gasteiger partial charge in [0.2, 0.25) is 5.96 Å². The molecule has 0 aromatic heterocycles. The highest BCUT2D eigenvalue weighted by Crippen LogP contribution is 1.84. The predicted molar refractivity (Wildman–Crippen MR) is 67.3 cm³/mol. The minimum Gasteiger partial charge on any atom is -0.383 e. The summed E-state index contributed by atoms with van der Waals surface area (Å²) in [6.07, 6.45) is 0. The number of hydrogen-bond donors (Lipinski definition) is 3. The molecule has 16 heavy (non-hydrogen) atoms. The lowest BCUT2D eigenvalue weighted by atomic mass is 10.4. The molecule has 0 heterocycles. The molecular weight excluding hydrogens is 206 g/mol. The van der Waals surface area contributed by atoms with Gasteiger partial charge in [0.05, 0.1) is 13.2 Å². The van der Waals surface area contributed by atoms with E-state index in [4.69, 9.17) is 10.6 Å². The van der Waals surface area contributed by atoms with E-state index in [1.165, 1.54) is 0 Å². The summed E-state index contributed by atoms with van der Waals surface area (Å²) in [4.78, 5) is 6.52. The van der Waals surface area contributed by atoms with Crippen LogP contribution in [0.4, 0.5) is 0 Å². The number of guanidine groups is 1. The van der Waals surface area contributed by atoms with Gasteiger partial charge in [0.1, 0.15) is 0 Å². The Labute approximate surface area is 98.2 Å². The summed E-state index contributed by atoms with van der Waals surface area (Å²) in [5, 5.41) is 3.13. The van der Waals surface area contributed by atoms with Crippen LogP contribution in [0.5, 0.6) is 0 Å². The van der Waals surface area contributed by atoms with E-state index >= 15 is 0 Å². The minimum absolute atomic E-state index is 0.184. The van der Waals surface area contributed by atoms with Crippen molar-refractivity contribution < 1.29 is 4.74 Å². The maximum absolute atomic E-state index is 5.37. The van der Waals surface area contributed by atoms with Gasteiger partial charge in [-0.1, -0.05) is 6.92 Å². The van der Waals surface area contributed by atoms with E-state index in [1.807, 2.05) is 6.92 Å². The number of nitrogens with one attached hydrogen (secondary N) is 2. The van der Waals surface area contributed by atoms with E-state index in [0.29, 0.717) is 12.6 Å². The second kappa shape index (κ2) is 9.38. The Balaban J connectivity index is 3.91. The summed E-state index contributed by atoms with van der Waals surface area (Å²) < 4.78 is 5.01. The summed E-state index contributed by atoms with van der Waals surface area (Å²) in [5.74, 6) is 5.97. The first kappa shape index (κ1) is 15.2. The molecule has 0 aliphatic heterocycles. The average molecular weight is 231 g/mol. The fourth-order valence-corrected chi connectivity index (χ4v) is 1.15. The molecule has 96 valence electrons. The number of methoxy groups -OCH3 is 1. The smallest absolute Gasteiger partial charge is 0.206 e. The zero-order valence-corrected chi connectivity index (χ0v) is 10.8. The van der Waals surface area contributed by atoms with E-state index < -0.39 is 0 Å². The van der Waals surface area contributed by atoms with Crippen molar-refractivity contribution in [3.05, 3.63) is 0 Å². The van der Waals surface area contributed by atoms with Crippen LogP contribution in [0.1, 0.15) is 13.8 Å². The molecule has 6 heteroatoms. The van der Waals surface area contributed by atoms with Crippen LogP contribution in [0.3, 0.4) is 0 Å². The standard InChI is InChI=1S/C10H25N5O/c1-5-15(3)7-6-12-10(14-11)13-9(2)8-16-4/h9H,5-8,11H2,1-4H3,(H2,12,13,14). The van der Waals surface area contributed by atoms with Crippen molar-refractivity contribution in [3.8, 4) is 0 Å². The molecule has 0 aliphatic rings. The molecule has 0 amide bonds. The number of hydrogen-bond acceptors (Lipinski definition) is 4. The van der Waals surface area contributed by atoms with Gasteiger partial charge in [-0.3, -0.25) is 10.4 Å². The molecule has 0 radical (unpaired) electrons. The molecule has 1 atom stereocenters.